The van der Waals surface area contributed by atoms with Gasteiger partial charge in [-0.2, -0.15) is 0 Å². The fraction of sp³-hybridized carbons (Fsp3) is 0.714. The number of piperidine rings is 1. The first-order valence-electron chi connectivity index (χ1n) is 3.53. The van der Waals surface area contributed by atoms with Crippen LogP contribution >= 0.6 is 32.9 Å². The maximum Gasteiger partial charge on any atom is 0.219 e. The molecule has 3 nitrogen and oxygen atoms in total. The van der Waals surface area contributed by atoms with Crippen molar-refractivity contribution in [3.8, 4) is 0 Å². The molecule has 0 saturated carbocycles. The lowest BCUT2D eigenvalue weighted by Gasteiger charge is -2.27. The molecule has 0 aromatic carbocycles. The van der Waals surface area contributed by atoms with E-state index in [1.165, 1.54) is 6.92 Å². The fourth-order valence-electron chi connectivity index (χ4n) is 1.07. The number of likely N-dealkylation sites (tertiary alicyclic amines) is 1. The van der Waals surface area contributed by atoms with Crippen LogP contribution in [0.1, 0.15) is 13.3 Å². The first kappa shape index (κ1) is 12.1. The average molecular weight is 301 g/mol. The number of hydrogen-bond acceptors (Lipinski definition) is 2. The van der Waals surface area contributed by atoms with Crippen LogP contribution in [-0.2, 0) is 9.59 Å². The summed E-state index contributed by atoms with van der Waals surface area (Å²) >= 11 is 3.22. The van der Waals surface area contributed by atoms with Crippen molar-refractivity contribution in [2.24, 2.45) is 0 Å². The topological polar surface area (TPSA) is 37.4 Å². The van der Waals surface area contributed by atoms with Crippen molar-refractivity contribution in [2.45, 2.75) is 18.2 Å². The van der Waals surface area contributed by atoms with Crippen molar-refractivity contribution in [3.05, 3.63) is 0 Å². The van der Waals surface area contributed by atoms with Gasteiger partial charge < -0.3 is 4.90 Å². The molecule has 70 valence electrons. The highest BCUT2D eigenvalue weighted by Crippen LogP contribution is 2.13. The third-order valence-electron chi connectivity index (χ3n) is 1.80. The van der Waals surface area contributed by atoms with Crippen LogP contribution in [0.5, 0.6) is 0 Å². The summed E-state index contributed by atoms with van der Waals surface area (Å²) in [6, 6.07) is 0. The molecule has 1 fully saturated rings. The van der Waals surface area contributed by atoms with Crippen molar-refractivity contribution in [3.63, 3.8) is 0 Å². The van der Waals surface area contributed by atoms with E-state index in [0.717, 1.165) is 0 Å². The SMILES string of the molecule is Br.CC(=O)N1CCC(=O)C(Br)C1. The van der Waals surface area contributed by atoms with Gasteiger partial charge in [0.05, 0.1) is 4.83 Å². The van der Waals surface area contributed by atoms with Gasteiger partial charge in [-0.25, -0.2) is 0 Å². The van der Waals surface area contributed by atoms with Crippen molar-refractivity contribution >= 4 is 44.6 Å². The second kappa shape index (κ2) is 4.97. The average Bonchev–Trinajstić information content (AvgIpc) is 1.94. The highest BCUT2D eigenvalue weighted by Gasteiger charge is 2.25. The minimum Gasteiger partial charge on any atom is -0.341 e. The number of rotatable bonds is 0. The van der Waals surface area contributed by atoms with E-state index in [2.05, 4.69) is 15.9 Å². The van der Waals surface area contributed by atoms with Gasteiger partial charge in [0.15, 0.2) is 0 Å². The molecule has 0 aromatic rings. The number of halogens is 2. The zero-order valence-electron chi connectivity index (χ0n) is 6.75. The normalized spacial score (nSPS) is 23.3. The summed E-state index contributed by atoms with van der Waals surface area (Å²) in [5.41, 5.74) is 0. The predicted molar refractivity (Wildman–Crippen MR) is 54.9 cm³/mol. The van der Waals surface area contributed by atoms with Gasteiger partial charge in [0, 0.05) is 26.4 Å². The summed E-state index contributed by atoms with van der Waals surface area (Å²) in [7, 11) is 0. The Bertz CT molecular complexity index is 196. The van der Waals surface area contributed by atoms with Gasteiger partial charge in [-0.3, -0.25) is 9.59 Å². The van der Waals surface area contributed by atoms with E-state index in [1.54, 1.807) is 4.90 Å². The molecule has 0 N–H and O–H groups in total. The van der Waals surface area contributed by atoms with Gasteiger partial charge in [0.1, 0.15) is 5.78 Å². The predicted octanol–water partition coefficient (Wildman–Crippen LogP) is 1.15. The molecule has 12 heavy (non-hydrogen) atoms. The van der Waals surface area contributed by atoms with Crippen LogP contribution in [0.25, 0.3) is 0 Å². The molecular formula is C7H11Br2NO2. The molecule has 1 heterocycles. The van der Waals surface area contributed by atoms with E-state index in [0.29, 0.717) is 19.5 Å². The maximum absolute atomic E-state index is 11.0. The minimum atomic E-state index is -0.153. The van der Waals surface area contributed by atoms with Gasteiger partial charge in [0.25, 0.3) is 0 Å². The summed E-state index contributed by atoms with van der Waals surface area (Å²) in [4.78, 5) is 23.4. The molecular weight excluding hydrogens is 290 g/mol. The highest BCUT2D eigenvalue weighted by atomic mass is 79.9. The van der Waals surface area contributed by atoms with Crippen LogP contribution in [0, 0.1) is 0 Å². The fourth-order valence-corrected chi connectivity index (χ4v) is 1.65. The Hall–Kier alpha value is 0.1000. The lowest BCUT2D eigenvalue weighted by Crippen LogP contribution is -2.43. The Labute approximate surface area is 90.4 Å². The Morgan fingerprint density at radius 2 is 2.25 bits per heavy atom. The van der Waals surface area contributed by atoms with Gasteiger partial charge in [-0.15, -0.1) is 17.0 Å². The first-order chi connectivity index (χ1) is 5.11. The molecule has 1 atom stereocenters. The number of nitrogens with zero attached hydrogens (tertiary/aromatic N) is 1. The van der Waals surface area contributed by atoms with Gasteiger partial charge in [0.2, 0.25) is 5.91 Å². The van der Waals surface area contributed by atoms with Crippen molar-refractivity contribution in [1.82, 2.24) is 4.90 Å². The lowest BCUT2D eigenvalue weighted by atomic mass is 10.1. The molecule has 1 unspecified atom stereocenters. The van der Waals surface area contributed by atoms with Crippen LogP contribution in [0.2, 0.25) is 0 Å². The highest BCUT2D eigenvalue weighted by molar-refractivity contribution is 9.10. The van der Waals surface area contributed by atoms with Gasteiger partial charge in [-0.1, -0.05) is 15.9 Å². The quantitative estimate of drug-likeness (QED) is 0.629. The molecule has 1 amide bonds. The Morgan fingerprint density at radius 3 is 2.67 bits per heavy atom. The summed E-state index contributed by atoms with van der Waals surface area (Å²) in [6.07, 6.45) is 0.482. The zero-order chi connectivity index (χ0) is 8.43. The zero-order valence-corrected chi connectivity index (χ0v) is 10.0. The molecule has 1 aliphatic heterocycles. The molecule has 0 aromatic heterocycles. The van der Waals surface area contributed by atoms with E-state index in [9.17, 15) is 9.59 Å². The van der Waals surface area contributed by atoms with Crippen LogP contribution in [-0.4, -0.2) is 34.5 Å². The third-order valence-corrected chi connectivity index (χ3v) is 2.60. The summed E-state index contributed by atoms with van der Waals surface area (Å²) in [5.74, 6) is 0.240. The number of ketones is 1. The number of amides is 1. The van der Waals surface area contributed by atoms with E-state index < -0.39 is 0 Å². The summed E-state index contributed by atoms with van der Waals surface area (Å²) in [6.45, 7) is 2.62. The van der Waals surface area contributed by atoms with Gasteiger partial charge >= 0.3 is 0 Å². The second-order valence-corrected chi connectivity index (χ2v) is 3.75. The maximum atomic E-state index is 11.0. The number of carbonyl (C=O) groups is 2. The number of alkyl halides is 1. The number of carbonyl (C=O) groups excluding carboxylic acids is 2. The molecule has 0 aliphatic carbocycles. The molecule has 0 spiro atoms. The summed E-state index contributed by atoms with van der Waals surface area (Å²) < 4.78 is 0. The molecule has 1 aliphatic rings. The Kier molecular flexibility index (Phi) is 5.01. The first-order valence-corrected chi connectivity index (χ1v) is 4.45. The molecule has 1 saturated heterocycles. The standard InChI is InChI=1S/C7H10BrNO2.BrH/c1-5(10)9-3-2-7(11)6(8)4-9;/h6H,2-4H2,1H3;1H. The van der Waals surface area contributed by atoms with Crippen LogP contribution < -0.4 is 0 Å². The summed E-state index contributed by atoms with van der Waals surface area (Å²) in [5, 5.41) is 0. The smallest absolute Gasteiger partial charge is 0.219 e. The third kappa shape index (κ3) is 2.86. The Balaban J connectivity index is 0.00000121. The largest absolute Gasteiger partial charge is 0.341 e. The molecule has 5 heteroatoms. The number of hydrogen-bond donors (Lipinski definition) is 0. The van der Waals surface area contributed by atoms with E-state index >= 15 is 0 Å². The van der Waals surface area contributed by atoms with Crippen molar-refractivity contribution in [1.29, 1.82) is 0 Å². The number of Topliss-reactive ketones (excluding diaryl/α,β-unsaturated/α-hetero) is 1. The van der Waals surface area contributed by atoms with Crippen molar-refractivity contribution in [2.75, 3.05) is 13.1 Å². The Morgan fingerprint density at radius 1 is 1.67 bits per heavy atom. The van der Waals surface area contributed by atoms with Crippen LogP contribution in [0.3, 0.4) is 0 Å². The second-order valence-electron chi connectivity index (χ2n) is 2.65. The van der Waals surface area contributed by atoms with E-state index in [-0.39, 0.29) is 33.5 Å². The molecule has 1 rings (SSSR count). The molecule has 0 bridgehead atoms. The van der Waals surface area contributed by atoms with Crippen LogP contribution in [0.15, 0.2) is 0 Å². The minimum absolute atomic E-state index is 0. The van der Waals surface area contributed by atoms with Gasteiger partial charge in [-0.05, 0) is 0 Å². The van der Waals surface area contributed by atoms with Crippen molar-refractivity contribution < 1.29 is 9.59 Å². The van der Waals surface area contributed by atoms with E-state index in [4.69, 9.17) is 0 Å². The van der Waals surface area contributed by atoms with E-state index in [1.807, 2.05) is 0 Å². The van der Waals surface area contributed by atoms with Crippen LogP contribution in [0.4, 0.5) is 0 Å². The monoisotopic (exact) mass is 299 g/mol. The lowest BCUT2D eigenvalue weighted by molar-refractivity contribution is -0.132. The molecule has 0 radical (unpaired) electrons.